The molecule has 0 bridgehead atoms. The van der Waals surface area contributed by atoms with Gasteiger partial charge in [-0.2, -0.15) is 5.10 Å². The van der Waals surface area contributed by atoms with E-state index in [9.17, 15) is 13.2 Å². The highest BCUT2D eigenvalue weighted by molar-refractivity contribution is 7.92. The van der Waals surface area contributed by atoms with Crippen LogP contribution < -0.4 is 19.2 Å². The smallest absolute Gasteiger partial charge is 0.260 e. The predicted molar refractivity (Wildman–Crippen MR) is 138 cm³/mol. The number of nitrogens with one attached hydrogen (secondary N) is 1. The minimum absolute atomic E-state index is 0.179. The van der Waals surface area contributed by atoms with Crippen LogP contribution in [0.25, 0.3) is 5.69 Å². The maximum absolute atomic E-state index is 12.6. The summed E-state index contributed by atoms with van der Waals surface area (Å²) in [6.45, 7) is 3.38. The van der Waals surface area contributed by atoms with Crippen LogP contribution in [-0.2, 0) is 14.8 Å². The second-order valence-electron chi connectivity index (χ2n) is 7.74. The van der Waals surface area contributed by atoms with E-state index in [0.717, 1.165) is 33.2 Å². The molecule has 0 aliphatic heterocycles. The van der Waals surface area contributed by atoms with Crippen LogP contribution >= 0.6 is 11.6 Å². The first-order chi connectivity index (χ1) is 16.5. The van der Waals surface area contributed by atoms with Crippen molar-refractivity contribution in [2.24, 2.45) is 5.10 Å². The van der Waals surface area contributed by atoms with Crippen molar-refractivity contribution in [3.8, 4) is 17.2 Å². The van der Waals surface area contributed by atoms with Crippen LogP contribution in [0.4, 0.5) is 5.69 Å². The van der Waals surface area contributed by atoms with E-state index in [2.05, 4.69) is 10.5 Å². The number of anilines is 1. The zero-order valence-electron chi connectivity index (χ0n) is 20.1. The minimum atomic E-state index is -3.82. The summed E-state index contributed by atoms with van der Waals surface area (Å²) in [6, 6.07) is 14.1. The van der Waals surface area contributed by atoms with Crippen LogP contribution in [0, 0.1) is 13.8 Å². The highest BCUT2D eigenvalue weighted by Crippen LogP contribution is 2.33. The molecule has 0 radical (unpaired) electrons. The number of sulfonamides is 1. The first-order valence-corrected chi connectivity index (χ1v) is 12.7. The number of hydrogen-bond acceptors (Lipinski definition) is 6. The Bertz CT molecular complexity index is 1370. The van der Waals surface area contributed by atoms with Crippen LogP contribution in [0.15, 0.2) is 53.6 Å². The number of halogens is 1. The molecule has 35 heavy (non-hydrogen) atoms. The number of ether oxygens (including phenoxy) is 2. The van der Waals surface area contributed by atoms with E-state index >= 15 is 0 Å². The summed E-state index contributed by atoms with van der Waals surface area (Å²) in [6.07, 6.45) is 2.52. The third kappa shape index (κ3) is 6.14. The van der Waals surface area contributed by atoms with E-state index < -0.39 is 22.5 Å². The van der Waals surface area contributed by atoms with Crippen molar-refractivity contribution in [2.75, 3.05) is 31.3 Å². The second-order valence-corrected chi connectivity index (χ2v) is 10.1. The number of aromatic nitrogens is 1. The van der Waals surface area contributed by atoms with Crippen molar-refractivity contribution >= 4 is 39.4 Å². The highest BCUT2D eigenvalue weighted by atomic mass is 35.5. The first-order valence-electron chi connectivity index (χ1n) is 10.5. The van der Waals surface area contributed by atoms with Crippen molar-refractivity contribution in [3.05, 3.63) is 70.5 Å². The Morgan fingerprint density at radius 1 is 1.14 bits per heavy atom. The molecule has 0 saturated heterocycles. The Labute approximate surface area is 210 Å². The maximum atomic E-state index is 12.6. The van der Waals surface area contributed by atoms with E-state index in [-0.39, 0.29) is 11.4 Å². The zero-order chi connectivity index (χ0) is 25.8. The fraction of sp³-hybridized carbons (Fsp3) is 0.250. The van der Waals surface area contributed by atoms with Gasteiger partial charge in [0.1, 0.15) is 18.0 Å². The molecule has 0 aliphatic carbocycles. The molecule has 0 atom stereocenters. The second kappa shape index (κ2) is 10.8. The lowest BCUT2D eigenvalue weighted by Crippen LogP contribution is -2.39. The molecule has 0 spiro atoms. The van der Waals surface area contributed by atoms with Crippen LogP contribution in [0.3, 0.4) is 0 Å². The number of hydrogen-bond donors (Lipinski definition) is 1. The van der Waals surface area contributed by atoms with Gasteiger partial charge in [0.25, 0.3) is 5.91 Å². The molecule has 0 aliphatic rings. The molecule has 1 aromatic heterocycles. The van der Waals surface area contributed by atoms with E-state index in [1.165, 1.54) is 26.5 Å². The van der Waals surface area contributed by atoms with Crippen molar-refractivity contribution in [2.45, 2.75) is 13.8 Å². The SMILES string of the molecule is COc1ccc(OC)c(N(CC(=O)N/N=C\c2cc(C)n(-c3cccc(Cl)c3)c2C)S(C)(=O)=O)c1. The first kappa shape index (κ1) is 26.1. The Kier molecular flexibility index (Phi) is 8.08. The van der Waals surface area contributed by atoms with Crippen molar-refractivity contribution in [1.82, 2.24) is 9.99 Å². The third-order valence-corrected chi connectivity index (χ3v) is 6.63. The molecule has 186 valence electrons. The van der Waals surface area contributed by atoms with Gasteiger partial charge in [-0.3, -0.25) is 9.10 Å². The molecule has 2 aromatic carbocycles. The van der Waals surface area contributed by atoms with E-state index in [1.807, 2.05) is 42.7 Å². The number of methoxy groups -OCH3 is 2. The van der Waals surface area contributed by atoms with E-state index in [4.69, 9.17) is 21.1 Å². The van der Waals surface area contributed by atoms with Gasteiger partial charge in [-0.25, -0.2) is 13.8 Å². The van der Waals surface area contributed by atoms with E-state index in [1.54, 1.807) is 18.2 Å². The van der Waals surface area contributed by atoms with E-state index in [0.29, 0.717) is 10.8 Å². The monoisotopic (exact) mass is 518 g/mol. The maximum Gasteiger partial charge on any atom is 0.260 e. The number of hydrazone groups is 1. The average Bonchev–Trinajstić information content (AvgIpc) is 3.09. The molecule has 0 unspecified atom stereocenters. The average molecular weight is 519 g/mol. The quantitative estimate of drug-likeness (QED) is 0.344. The fourth-order valence-corrected chi connectivity index (χ4v) is 4.68. The van der Waals surface area contributed by atoms with Gasteiger partial charge in [-0.15, -0.1) is 0 Å². The molecule has 0 fully saturated rings. The molecule has 1 amide bonds. The summed E-state index contributed by atoms with van der Waals surface area (Å²) in [5.74, 6) is 0.0733. The molecule has 1 N–H and O–H groups in total. The van der Waals surface area contributed by atoms with Gasteiger partial charge < -0.3 is 14.0 Å². The fourth-order valence-electron chi connectivity index (χ4n) is 3.64. The van der Waals surface area contributed by atoms with Crippen molar-refractivity contribution in [3.63, 3.8) is 0 Å². The van der Waals surface area contributed by atoms with Gasteiger partial charge in [0.05, 0.1) is 32.4 Å². The number of carbonyl (C=O) groups excluding carboxylic acids is 1. The Balaban J connectivity index is 1.79. The van der Waals surface area contributed by atoms with Crippen LogP contribution in [-0.4, -0.2) is 52.1 Å². The predicted octanol–water partition coefficient (Wildman–Crippen LogP) is 3.68. The van der Waals surface area contributed by atoms with Crippen molar-refractivity contribution < 1.29 is 22.7 Å². The van der Waals surface area contributed by atoms with Gasteiger partial charge in [0, 0.05) is 33.7 Å². The summed E-state index contributed by atoms with van der Waals surface area (Å²) < 4.78 is 38.4. The standard InChI is InChI=1S/C24H27ClN4O5S/c1-16-11-18(17(2)29(16)20-8-6-7-19(25)12-20)14-26-27-24(30)15-28(35(5,31)32)22-13-21(33-3)9-10-23(22)34-4/h6-14H,15H2,1-5H3,(H,27,30)/b26-14-. The lowest BCUT2D eigenvalue weighted by atomic mass is 10.2. The molecule has 11 heteroatoms. The summed E-state index contributed by atoms with van der Waals surface area (Å²) in [5.41, 5.74) is 6.14. The van der Waals surface area contributed by atoms with Gasteiger partial charge in [0.2, 0.25) is 10.0 Å². The summed E-state index contributed by atoms with van der Waals surface area (Å²) in [7, 11) is -0.948. The number of amides is 1. The summed E-state index contributed by atoms with van der Waals surface area (Å²) in [5, 5.41) is 4.66. The Hall–Kier alpha value is -3.50. The zero-order valence-corrected chi connectivity index (χ0v) is 21.6. The minimum Gasteiger partial charge on any atom is -0.497 e. The number of carbonyl (C=O) groups is 1. The van der Waals surface area contributed by atoms with Crippen LogP contribution in [0.2, 0.25) is 5.02 Å². The highest BCUT2D eigenvalue weighted by Gasteiger charge is 2.24. The topological polar surface area (TPSA) is 102 Å². The molecule has 3 rings (SSSR count). The van der Waals surface area contributed by atoms with Crippen LogP contribution in [0.1, 0.15) is 17.0 Å². The number of nitrogens with zero attached hydrogens (tertiary/aromatic N) is 3. The summed E-state index contributed by atoms with van der Waals surface area (Å²) >= 11 is 6.13. The Morgan fingerprint density at radius 2 is 1.89 bits per heavy atom. The number of benzene rings is 2. The number of rotatable bonds is 9. The molecular weight excluding hydrogens is 492 g/mol. The lowest BCUT2D eigenvalue weighted by molar-refractivity contribution is -0.119. The Morgan fingerprint density at radius 3 is 2.51 bits per heavy atom. The van der Waals surface area contributed by atoms with Gasteiger partial charge >= 0.3 is 0 Å². The molecule has 9 nitrogen and oxygen atoms in total. The molecular formula is C24H27ClN4O5S. The molecule has 1 heterocycles. The van der Waals surface area contributed by atoms with Crippen molar-refractivity contribution in [1.29, 1.82) is 0 Å². The molecule has 3 aromatic rings. The third-order valence-electron chi connectivity index (χ3n) is 5.27. The van der Waals surface area contributed by atoms with Gasteiger partial charge in [0.15, 0.2) is 0 Å². The van der Waals surface area contributed by atoms with Gasteiger partial charge in [-0.1, -0.05) is 17.7 Å². The largest absolute Gasteiger partial charge is 0.497 e. The lowest BCUT2D eigenvalue weighted by Gasteiger charge is -2.23. The van der Waals surface area contributed by atoms with Gasteiger partial charge in [-0.05, 0) is 50.2 Å². The van der Waals surface area contributed by atoms with Crippen LogP contribution in [0.5, 0.6) is 11.5 Å². The summed E-state index contributed by atoms with van der Waals surface area (Å²) in [4.78, 5) is 12.6. The normalized spacial score (nSPS) is 11.5. The molecule has 0 saturated carbocycles. The number of aryl methyl sites for hydroxylation is 1.